The number of carbonyl (C=O) groups is 1. The van der Waals surface area contributed by atoms with E-state index in [1.165, 1.54) is 0 Å². The first-order valence-electron chi connectivity index (χ1n) is 5.75. The smallest absolute Gasteiger partial charge is 0.338 e. The lowest BCUT2D eigenvalue weighted by molar-refractivity contribution is -0.137. The highest BCUT2D eigenvalue weighted by molar-refractivity contribution is 7.85. The standard InChI is InChI=1S/C11H13F3N2O4S/c12-11(13,14)8-2-4-9(5-3-8)16-10(17)15-6-1-7-21(18,19)20/h2-5H,1,6-7H2,(H2,15,16,17)(H,18,19,20). The number of alkyl halides is 3. The van der Waals surface area contributed by atoms with Crippen LogP contribution < -0.4 is 10.6 Å². The Labute approximate surface area is 119 Å². The van der Waals surface area contributed by atoms with Gasteiger partial charge in [-0.25, -0.2) is 4.79 Å². The molecule has 21 heavy (non-hydrogen) atoms. The molecule has 0 heterocycles. The second-order valence-corrected chi connectivity index (χ2v) is 5.67. The van der Waals surface area contributed by atoms with Crippen molar-refractivity contribution in [2.75, 3.05) is 17.6 Å². The summed E-state index contributed by atoms with van der Waals surface area (Å²) < 4.78 is 66.2. The Bertz CT molecular complexity index is 584. The van der Waals surface area contributed by atoms with Gasteiger partial charge in [-0.2, -0.15) is 21.6 Å². The molecule has 0 aromatic heterocycles. The number of hydrogen-bond donors (Lipinski definition) is 3. The number of halogens is 3. The molecule has 0 atom stereocenters. The molecule has 6 nitrogen and oxygen atoms in total. The largest absolute Gasteiger partial charge is 0.416 e. The SMILES string of the molecule is O=C(NCCCS(=O)(=O)O)Nc1ccc(C(F)(F)F)cc1. The van der Waals surface area contributed by atoms with E-state index < -0.39 is 33.6 Å². The van der Waals surface area contributed by atoms with Crippen molar-refractivity contribution in [1.82, 2.24) is 5.32 Å². The quantitative estimate of drug-likeness (QED) is 0.570. The van der Waals surface area contributed by atoms with E-state index in [1.54, 1.807) is 0 Å². The van der Waals surface area contributed by atoms with Crippen molar-refractivity contribution in [2.24, 2.45) is 0 Å². The molecule has 0 spiro atoms. The van der Waals surface area contributed by atoms with Crippen LogP contribution in [0.3, 0.4) is 0 Å². The van der Waals surface area contributed by atoms with Crippen LogP contribution in [-0.4, -0.2) is 31.3 Å². The van der Waals surface area contributed by atoms with Crippen molar-refractivity contribution in [3.05, 3.63) is 29.8 Å². The van der Waals surface area contributed by atoms with E-state index in [4.69, 9.17) is 4.55 Å². The minimum Gasteiger partial charge on any atom is -0.338 e. The van der Waals surface area contributed by atoms with Gasteiger partial charge in [0.1, 0.15) is 0 Å². The highest BCUT2D eigenvalue weighted by Crippen LogP contribution is 2.29. The van der Waals surface area contributed by atoms with E-state index >= 15 is 0 Å². The highest BCUT2D eigenvalue weighted by Gasteiger charge is 2.29. The lowest BCUT2D eigenvalue weighted by atomic mass is 10.2. The summed E-state index contributed by atoms with van der Waals surface area (Å²) in [5.74, 6) is -0.493. The van der Waals surface area contributed by atoms with Gasteiger partial charge in [-0.15, -0.1) is 0 Å². The van der Waals surface area contributed by atoms with Crippen LogP contribution >= 0.6 is 0 Å². The third-order valence-corrected chi connectivity index (χ3v) is 3.14. The molecule has 118 valence electrons. The highest BCUT2D eigenvalue weighted by atomic mass is 32.2. The average molecular weight is 326 g/mol. The fourth-order valence-electron chi connectivity index (χ4n) is 1.37. The molecule has 1 aromatic carbocycles. The normalized spacial score (nSPS) is 12.0. The van der Waals surface area contributed by atoms with Crippen LogP contribution in [0, 0.1) is 0 Å². The van der Waals surface area contributed by atoms with Crippen LogP contribution in [0.25, 0.3) is 0 Å². The number of nitrogens with one attached hydrogen (secondary N) is 2. The maximum atomic E-state index is 12.3. The molecule has 1 aromatic rings. The van der Waals surface area contributed by atoms with Gasteiger partial charge in [0.15, 0.2) is 0 Å². The summed E-state index contributed by atoms with van der Waals surface area (Å²) in [5.41, 5.74) is -0.670. The van der Waals surface area contributed by atoms with Gasteiger partial charge in [0.25, 0.3) is 10.1 Å². The summed E-state index contributed by atoms with van der Waals surface area (Å²) in [6.07, 6.45) is -4.43. The van der Waals surface area contributed by atoms with Crippen molar-refractivity contribution in [3.8, 4) is 0 Å². The van der Waals surface area contributed by atoms with Crippen LogP contribution in [0.1, 0.15) is 12.0 Å². The summed E-state index contributed by atoms with van der Waals surface area (Å²) in [6.45, 7) is -0.00768. The zero-order chi connectivity index (χ0) is 16.1. The Morgan fingerprint density at radius 2 is 1.76 bits per heavy atom. The molecular weight excluding hydrogens is 313 g/mol. The predicted molar refractivity (Wildman–Crippen MR) is 69.5 cm³/mol. The van der Waals surface area contributed by atoms with Crippen LogP contribution in [0.15, 0.2) is 24.3 Å². The second kappa shape index (κ2) is 6.76. The van der Waals surface area contributed by atoms with Gasteiger partial charge >= 0.3 is 12.2 Å². The first kappa shape index (κ1) is 17.2. The van der Waals surface area contributed by atoms with Gasteiger partial charge in [-0.05, 0) is 30.7 Å². The summed E-state index contributed by atoms with van der Waals surface area (Å²) >= 11 is 0. The summed E-state index contributed by atoms with van der Waals surface area (Å²) in [4.78, 5) is 11.4. The van der Waals surface area contributed by atoms with Gasteiger partial charge in [0, 0.05) is 12.2 Å². The number of carbonyl (C=O) groups excluding carboxylic acids is 1. The molecule has 0 bridgehead atoms. The van der Waals surface area contributed by atoms with E-state index in [2.05, 4.69) is 10.6 Å². The Balaban J connectivity index is 2.41. The van der Waals surface area contributed by atoms with Crippen LogP contribution in [-0.2, 0) is 16.3 Å². The maximum absolute atomic E-state index is 12.3. The van der Waals surface area contributed by atoms with E-state index in [9.17, 15) is 26.4 Å². The molecular formula is C11H13F3N2O4S. The second-order valence-electron chi connectivity index (χ2n) is 4.10. The van der Waals surface area contributed by atoms with Crippen molar-refractivity contribution in [1.29, 1.82) is 0 Å². The lowest BCUT2D eigenvalue weighted by Crippen LogP contribution is -2.30. The van der Waals surface area contributed by atoms with Crippen molar-refractivity contribution in [2.45, 2.75) is 12.6 Å². The first-order valence-corrected chi connectivity index (χ1v) is 7.36. The first-order chi connectivity index (χ1) is 9.58. The summed E-state index contributed by atoms with van der Waals surface area (Å²) in [7, 11) is -4.08. The molecule has 0 aliphatic rings. The number of urea groups is 1. The molecule has 2 amide bonds. The van der Waals surface area contributed by atoms with Crippen molar-refractivity contribution >= 4 is 21.8 Å². The third-order valence-electron chi connectivity index (χ3n) is 2.33. The minimum absolute atomic E-state index is 0.00768. The number of anilines is 1. The summed E-state index contributed by atoms with van der Waals surface area (Å²) in [6, 6.07) is 3.16. The number of hydrogen-bond acceptors (Lipinski definition) is 3. The van der Waals surface area contributed by atoms with Gasteiger partial charge in [0.2, 0.25) is 0 Å². The zero-order valence-corrected chi connectivity index (χ0v) is 11.5. The predicted octanol–water partition coefficient (Wildman–Crippen LogP) is 2.10. The molecule has 3 N–H and O–H groups in total. The molecule has 0 radical (unpaired) electrons. The van der Waals surface area contributed by atoms with Gasteiger partial charge in [-0.3, -0.25) is 4.55 Å². The molecule has 0 saturated heterocycles. The van der Waals surface area contributed by atoms with E-state index in [0.717, 1.165) is 24.3 Å². The van der Waals surface area contributed by atoms with Crippen molar-refractivity contribution in [3.63, 3.8) is 0 Å². The van der Waals surface area contributed by atoms with E-state index in [1.807, 2.05) is 0 Å². The maximum Gasteiger partial charge on any atom is 0.416 e. The van der Waals surface area contributed by atoms with E-state index in [-0.39, 0.29) is 18.7 Å². The minimum atomic E-state index is -4.45. The number of rotatable bonds is 5. The number of amides is 2. The molecule has 10 heteroatoms. The number of benzene rings is 1. The topological polar surface area (TPSA) is 95.5 Å². The molecule has 0 aliphatic heterocycles. The van der Waals surface area contributed by atoms with Crippen LogP contribution in [0.5, 0.6) is 0 Å². The molecule has 0 saturated carbocycles. The van der Waals surface area contributed by atoms with Crippen molar-refractivity contribution < 1.29 is 30.9 Å². The zero-order valence-electron chi connectivity index (χ0n) is 10.6. The molecule has 1 rings (SSSR count). The Morgan fingerprint density at radius 3 is 2.24 bits per heavy atom. The van der Waals surface area contributed by atoms with Gasteiger partial charge in [-0.1, -0.05) is 0 Å². The Morgan fingerprint density at radius 1 is 1.19 bits per heavy atom. The lowest BCUT2D eigenvalue weighted by Gasteiger charge is -2.09. The molecule has 0 aliphatic carbocycles. The Hall–Kier alpha value is -1.81. The molecule has 0 unspecified atom stereocenters. The van der Waals surface area contributed by atoms with Crippen LogP contribution in [0.4, 0.5) is 23.7 Å². The fourth-order valence-corrected chi connectivity index (χ4v) is 1.88. The monoisotopic (exact) mass is 326 g/mol. The van der Waals surface area contributed by atoms with E-state index in [0.29, 0.717) is 0 Å². The van der Waals surface area contributed by atoms with Crippen LogP contribution in [0.2, 0.25) is 0 Å². The van der Waals surface area contributed by atoms with Gasteiger partial charge in [0.05, 0.1) is 11.3 Å². The third kappa shape index (κ3) is 6.95. The fraction of sp³-hybridized carbons (Fsp3) is 0.364. The molecule has 0 fully saturated rings. The average Bonchev–Trinajstić information content (AvgIpc) is 2.33. The van der Waals surface area contributed by atoms with Gasteiger partial charge < -0.3 is 10.6 Å². The summed E-state index contributed by atoms with van der Waals surface area (Å²) in [5, 5.41) is 4.59. The Kier molecular flexibility index (Phi) is 5.55.